The summed E-state index contributed by atoms with van der Waals surface area (Å²) in [5.41, 5.74) is 8.83. The molecule has 1 aliphatic heterocycles. The first-order valence-corrected chi connectivity index (χ1v) is 8.55. The molecule has 0 aliphatic carbocycles. The van der Waals surface area contributed by atoms with Gasteiger partial charge in [0, 0.05) is 29.9 Å². The number of halogens is 1. The van der Waals surface area contributed by atoms with Crippen LogP contribution in [0.1, 0.15) is 36.0 Å². The van der Waals surface area contributed by atoms with Crippen LogP contribution in [0.5, 0.6) is 0 Å². The summed E-state index contributed by atoms with van der Waals surface area (Å²) in [5.74, 6) is 5.93. The molecule has 2 aromatic rings. The topological polar surface area (TPSA) is 46.3 Å². The Morgan fingerprint density at radius 1 is 1.04 bits per heavy atom. The number of carbonyl (C=O) groups is 1. The summed E-state index contributed by atoms with van der Waals surface area (Å²) >= 11 is 0. The molecule has 1 fully saturated rings. The average molecular weight is 336 g/mol. The van der Waals surface area contributed by atoms with Crippen LogP contribution in [0.4, 0.5) is 10.1 Å². The number of likely N-dealkylation sites (tertiary alicyclic amines) is 1. The third-order valence-electron chi connectivity index (χ3n) is 4.37. The molecule has 1 aliphatic rings. The quantitative estimate of drug-likeness (QED) is 0.675. The van der Waals surface area contributed by atoms with E-state index in [0.29, 0.717) is 12.1 Å². The minimum atomic E-state index is -0.290. The summed E-state index contributed by atoms with van der Waals surface area (Å²) in [5, 5.41) is 0. The molecule has 2 N–H and O–H groups in total. The Bertz CT molecular complexity index is 812. The molecule has 25 heavy (non-hydrogen) atoms. The molecule has 1 saturated heterocycles. The van der Waals surface area contributed by atoms with Gasteiger partial charge in [0.2, 0.25) is 5.91 Å². The second kappa shape index (κ2) is 7.85. The summed E-state index contributed by atoms with van der Waals surface area (Å²) in [6.45, 7) is 1.68. The Balaban J connectivity index is 1.80. The highest BCUT2D eigenvalue weighted by Gasteiger charge is 2.17. The Morgan fingerprint density at radius 3 is 2.48 bits per heavy atom. The number of hydrogen-bond donors (Lipinski definition) is 1. The first-order valence-electron chi connectivity index (χ1n) is 8.55. The van der Waals surface area contributed by atoms with Crippen LogP contribution in [-0.4, -0.2) is 23.9 Å². The smallest absolute Gasteiger partial charge is 0.227 e. The fraction of sp³-hybridized carbons (Fsp3) is 0.286. The lowest BCUT2D eigenvalue weighted by Crippen LogP contribution is -2.36. The van der Waals surface area contributed by atoms with Crippen molar-refractivity contribution >= 4 is 11.6 Å². The van der Waals surface area contributed by atoms with Gasteiger partial charge in [0.15, 0.2) is 0 Å². The van der Waals surface area contributed by atoms with Crippen molar-refractivity contribution in [1.82, 2.24) is 4.90 Å². The van der Waals surface area contributed by atoms with Gasteiger partial charge < -0.3 is 10.6 Å². The number of piperidine rings is 1. The Kier molecular flexibility index (Phi) is 5.35. The molecular weight excluding hydrogens is 315 g/mol. The normalized spacial score (nSPS) is 13.9. The van der Waals surface area contributed by atoms with Gasteiger partial charge in [-0.1, -0.05) is 17.9 Å². The largest absolute Gasteiger partial charge is 0.399 e. The zero-order valence-corrected chi connectivity index (χ0v) is 14.1. The summed E-state index contributed by atoms with van der Waals surface area (Å²) < 4.78 is 13.0. The van der Waals surface area contributed by atoms with Crippen molar-refractivity contribution in [2.45, 2.75) is 25.7 Å². The van der Waals surface area contributed by atoms with Gasteiger partial charge in [-0.05, 0) is 61.2 Å². The van der Waals surface area contributed by atoms with E-state index in [2.05, 4.69) is 11.8 Å². The van der Waals surface area contributed by atoms with Crippen LogP contribution < -0.4 is 5.73 Å². The molecular formula is C21H21FN2O. The highest BCUT2D eigenvalue weighted by molar-refractivity contribution is 5.80. The number of nitrogen functional groups attached to an aromatic ring is 1. The van der Waals surface area contributed by atoms with Gasteiger partial charge in [-0.2, -0.15) is 0 Å². The second-order valence-corrected chi connectivity index (χ2v) is 6.29. The molecule has 128 valence electrons. The predicted octanol–water partition coefficient (Wildman–Crippen LogP) is 3.36. The number of amides is 1. The maximum Gasteiger partial charge on any atom is 0.227 e. The second-order valence-electron chi connectivity index (χ2n) is 6.29. The van der Waals surface area contributed by atoms with E-state index in [0.717, 1.165) is 42.6 Å². The predicted molar refractivity (Wildman–Crippen MR) is 97.4 cm³/mol. The van der Waals surface area contributed by atoms with Gasteiger partial charge in [0.25, 0.3) is 0 Å². The van der Waals surface area contributed by atoms with Crippen molar-refractivity contribution in [2.75, 3.05) is 18.8 Å². The fourth-order valence-electron chi connectivity index (χ4n) is 2.96. The van der Waals surface area contributed by atoms with Gasteiger partial charge >= 0.3 is 0 Å². The van der Waals surface area contributed by atoms with Gasteiger partial charge in [-0.25, -0.2) is 4.39 Å². The lowest BCUT2D eigenvalue weighted by Gasteiger charge is -2.27. The standard InChI is InChI=1S/C21H21FN2O/c22-19-9-5-16(6-10-19)4-7-17-14-20(23)11-8-18(17)15-21(25)24-12-2-1-3-13-24/h5-6,8-11,14H,1-3,12-13,15,23H2. The number of anilines is 1. The molecule has 2 aromatic carbocycles. The summed E-state index contributed by atoms with van der Waals surface area (Å²) in [6.07, 6.45) is 3.67. The minimum Gasteiger partial charge on any atom is -0.399 e. The van der Waals surface area contributed by atoms with Crippen LogP contribution in [0.25, 0.3) is 0 Å². The first kappa shape index (κ1) is 17.0. The molecule has 3 rings (SSSR count). The van der Waals surface area contributed by atoms with Crippen molar-refractivity contribution in [3.05, 3.63) is 65.0 Å². The van der Waals surface area contributed by atoms with E-state index in [9.17, 15) is 9.18 Å². The Labute approximate surface area is 147 Å². The van der Waals surface area contributed by atoms with Gasteiger partial charge in [-0.3, -0.25) is 4.79 Å². The monoisotopic (exact) mass is 336 g/mol. The van der Waals surface area contributed by atoms with Crippen LogP contribution >= 0.6 is 0 Å². The van der Waals surface area contributed by atoms with Gasteiger partial charge in [0.1, 0.15) is 5.82 Å². The van der Waals surface area contributed by atoms with Crippen molar-refractivity contribution in [2.24, 2.45) is 0 Å². The molecule has 3 nitrogen and oxygen atoms in total. The van der Waals surface area contributed by atoms with Crippen LogP contribution in [0.3, 0.4) is 0 Å². The Hall–Kier alpha value is -2.80. The highest BCUT2D eigenvalue weighted by atomic mass is 19.1. The van der Waals surface area contributed by atoms with E-state index in [4.69, 9.17) is 5.73 Å². The molecule has 1 heterocycles. The number of hydrogen-bond acceptors (Lipinski definition) is 2. The molecule has 1 amide bonds. The highest BCUT2D eigenvalue weighted by Crippen LogP contribution is 2.16. The van der Waals surface area contributed by atoms with Crippen molar-refractivity contribution in [1.29, 1.82) is 0 Å². The van der Waals surface area contributed by atoms with E-state index < -0.39 is 0 Å². The van der Waals surface area contributed by atoms with E-state index in [-0.39, 0.29) is 11.7 Å². The lowest BCUT2D eigenvalue weighted by molar-refractivity contribution is -0.131. The molecule has 0 aromatic heterocycles. The van der Waals surface area contributed by atoms with E-state index in [1.165, 1.54) is 18.6 Å². The third-order valence-corrected chi connectivity index (χ3v) is 4.37. The first-order chi connectivity index (χ1) is 12.1. The zero-order valence-electron chi connectivity index (χ0n) is 14.1. The third kappa shape index (κ3) is 4.60. The van der Waals surface area contributed by atoms with Gasteiger partial charge in [0.05, 0.1) is 6.42 Å². The molecule has 0 bridgehead atoms. The van der Waals surface area contributed by atoms with Crippen molar-refractivity contribution in [3.63, 3.8) is 0 Å². The number of rotatable bonds is 2. The van der Waals surface area contributed by atoms with E-state index in [1.54, 1.807) is 24.3 Å². The molecule has 0 atom stereocenters. The van der Waals surface area contributed by atoms with Gasteiger partial charge in [-0.15, -0.1) is 0 Å². The van der Waals surface area contributed by atoms with Crippen LogP contribution in [0.2, 0.25) is 0 Å². The lowest BCUT2D eigenvalue weighted by atomic mass is 10.0. The molecule has 0 spiro atoms. The SMILES string of the molecule is Nc1ccc(CC(=O)N2CCCCC2)c(C#Cc2ccc(F)cc2)c1. The maximum atomic E-state index is 13.0. The van der Waals surface area contributed by atoms with Crippen LogP contribution in [0.15, 0.2) is 42.5 Å². The molecule has 0 saturated carbocycles. The number of nitrogens with two attached hydrogens (primary N) is 1. The number of benzene rings is 2. The average Bonchev–Trinajstić information content (AvgIpc) is 2.64. The zero-order chi connectivity index (χ0) is 17.6. The fourth-order valence-corrected chi connectivity index (χ4v) is 2.96. The van der Waals surface area contributed by atoms with E-state index in [1.807, 2.05) is 11.0 Å². The van der Waals surface area contributed by atoms with Crippen LogP contribution in [0, 0.1) is 17.7 Å². The number of carbonyl (C=O) groups excluding carboxylic acids is 1. The summed E-state index contributed by atoms with van der Waals surface area (Å²) in [4.78, 5) is 14.4. The van der Waals surface area contributed by atoms with Crippen molar-refractivity contribution < 1.29 is 9.18 Å². The number of nitrogens with zero attached hydrogens (tertiary/aromatic N) is 1. The minimum absolute atomic E-state index is 0.134. The van der Waals surface area contributed by atoms with Crippen LogP contribution in [-0.2, 0) is 11.2 Å². The molecule has 4 heteroatoms. The van der Waals surface area contributed by atoms with E-state index >= 15 is 0 Å². The molecule has 0 unspecified atom stereocenters. The molecule has 0 radical (unpaired) electrons. The van der Waals surface area contributed by atoms with Crippen molar-refractivity contribution in [3.8, 4) is 11.8 Å². The summed E-state index contributed by atoms with van der Waals surface area (Å²) in [7, 11) is 0. The maximum absolute atomic E-state index is 13.0. The summed E-state index contributed by atoms with van der Waals surface area (Å²) in [6, 6.07) is 11.5. The Morgan fingerprint density at radius 2 is 1.76 bits per heavy atom.